The van der Waals surface area contributed by atoms with Gasteiger partial charge in [0.1, 0.15) is 29.1 Å². The monoisotopic (exact) mass is 411 g/mol. The molecule has 4 rings (SSSR count). The lowest BCUT2D eigenvalue weighted by atomic mass is 9.97. The zero-order valence-electron chi connectivity index (χ0n) is 17.4. The maximum Gasteiger partial charge on any atom is 0.200 e. The second-order valence-corrected chi connectivity index (χ2v) is 7.08. The maximum atomic E-state index is 13.4. The molecule has 1 aliphatic rings. The first kappa shape index (κ1) is 20.3. The lowest BCUT2D eigenvalue weighted by molar-refractivity contribution is 0.0339. The highest BCUT2D eigenvalue weighted by Crippen LogP contribution is 2.36. The van der Waals surface area contributed by atoms with E-state index < -0.39 is 0 Å². The van der Waals surface area contributed by atoms with Crippen LogP contribution in [-0.2, 0) is 11.3 Å². The molecule has 0 aliphatic carbocycles. The van der Waals surface area contributed by atoms with Gasteiger partial charge in [0, 0.05) is 42.9 Å². The molecule has 7 heteroatoms. The summed E-state index contributed by atoms with van der Waals surface area (Å²) in [6, 6.07) is 8.89. The molecule has 0 bridgehead atoms. The van der Waals surface area contributed by atoms with Gasteiger partial charge < -0.3 is 23.4 Å². The smallest absolute Gasteiger partial charge is 0.200 e. The van der Waals surface area contributed by atoms with Crippen molar-refractivity contribution >= 4 is 11.0 Å². The fourth-order valence-corrected chi connectivity index (χ4v) is 3.73. The van der Waals surface area contributed by atoms with Crippen LogP contribution in [0.5, 0.6) is 17.2 Å². The minimum Gasteiger partial charge on any atom is -0.497 e. The predicted molar refractivity (Wildman–Crippen MR) is 114 cm³/mol. The van der Waals surface area contributed by atoms with Crippen molar-refractivity contribution in [1.82, 2.24) is 4.90 Å². The average Bonchev–Trinajstić information content (AvgIpc) is 2.80. The maximum absolute atomic E-state index is 13.4. The van der Waals surface area contributed by atoms with Gasteiger partial charge in [-0.25, -0.2) is 0 Å². The molecule has 0 atom stereocenters. The van der Waals surface area contributed by atoms with Gasteiger partial charge in [0.25, 0.3) is 0 Å². The summed E-state index contributed by atoms with van der Waals surface area (Å²) >= 11 is 0. The largest absolute Gasteiger partial charge is 0.497 e. The summed E-state index contributed by atoms with van der Waals surface area (Å²) in [5.41, 5.74) is 2.49. The predicted octanol–water partition coefficient (Wildman–Crippen LogP) is 3.32. The average molecular weight is 411 g/mol. The Morgan fingerprint density at radius 2 is 1.70 bits per heavy atom. The summed E-state index contributed by atoms with van der Waals surface area (Å²) in [7, 11) is 4.79. The van der Waals surface area contributed by atoms with Gasteiger partial charge in [-0.05, 0) is 18.2 Å². The minimum atomic E-state index is -0.113. The van der Waals surface area contributed by atoms with E-state index in [1.54, 1.807) is 39.5 Å². The molecule has 1 aliphatic heterocycles. The van der Waals surface area contributed by atoms with Crippen LogP contribution in [0.1, 0.15) is 5.56 Å². The topological polar surface area (TPSA) is 70.4 Å². The Kier molecular flexibility index (Phi) is 5.92. The minimum absolute atomic E-state index is 0.113. The van der Waals surface area contributed by atoms with Crippen molar-refractivity contribution in [3.63, 3.8) is 0 Å². The quantitative estimate of drug-likeness (QED) is 0.616. The van der Waals surface area contributed by atoms with E-state index in [0.29, 0.717) is 53.5 Å². The number of fused-ring (bicyclic) bond motifs is 1. The van der Waals surface area contributed by atoms with E-state index in [4.69, 9.17) is 23.4 Å². The third-order valence-corrected chi connectivity index (χ3v) is 5.40. The van der Waals surface area contributed by atoms with Gasteiger partial charge in [0.15, 0.2) is 0 Å². The Morgan fingerprint density at radius 1 is 0.933 bits per heavy atom. The van der Waals surface area contributed by atoms with Crippen molar-refractivity contribution in [2.45, 2.75) is 6.54 Å². The molecule has 2 heterocycles. The molecule has 2 aromatic carbocycles. The highest BCUT2D eigenvalue weighted by atomic mass is 16.5. The van der Waals surface area contributed by atoms with Crippen LogP contribution in [0.15, 0.2) is 45.8 Å². The zero-order chi connectivity index (χ0) is 21.1. The van der Waals surface area contributed by atoms with E-state index >= 15 is 0 Å². The molecule has 0 unspecified atom stereocenters. The van der Waals surface area contributed by atoms with Crippen molar-refractivity contribution in [2.24, 2.45) is 0 Å². The van der Waals surface area contributed by atoms with Crippen LogP contribution in [0.25, 0.3) is 22.1 Å². The van der Waals surface area contributed by atoms with Crippen LogP contribution in [0.2, 0.25) is 0 Å². The molecule has 30 heavy (non-hydrogen) atoms. The van der Waals surface area contributed by atoms with E-state index in [9.17, 15) is 4.79 Å². The van der Waals surface area contributed by atoms with Crippen molar-refractivity contribution in [1.29, 1.82) is 0 Å². The third kappa shape index (κ3) is 3.86. The van der Waals surface area contributed by atoms with Crippen molar-refractivity contribution in [3.8, 4) is 28.4 Å². The Morgan fingerprint density at radius 3 is 2.40 bits per heavy atom. The van der Waals surface area contributed by atoms with Gasteiger partial charge in [0.2, 0.25) is 5.43 Å². The van der Waals surface area contributed by atoms with Crippen molar-refractivity contribution in [2.75, 3.05) is 47.6 Å². The highest BCUT2D eigenvalue weighted by Gasteiger charge is 2.21. The molecule has 1 saturated heterocycles. The van der Waals surface area contributed by atoms with E-state index in [1.807, 2.05) is 12.1 Å². The van der Waals surface area contributed by atoms with Gasteiger partial charge >= 0.3 is 0 Å². The van der Waals surface area contributed by atoms with Crippen LogP contribution in [0.3, 0.4) is 0 Å². The van der Waals surface area contributed by atoms with Crippen LogP contribution < -0.4 is 19.6 Å². The normalized spacial score (nSPS) is 14.6. The fraction of sp³-hybridized carbons (Fsp3) is 0.348. The summed E-state index contributed by atoms with van der Waals surface area (Å²) in [4.78, 5) is 15.6. The SMILES string of the molecule is COc1cc(OC)c(CN2CCOCC2)c(-c2coc3cc(OC)ccc3c2=O)c1. The van der Waals surface area contributed by atoms with Crippen LogP contribution >= 0.6 is 0 Å². The van der Waals surface area contributed by atoms with Crippen molar-refractivity contribution < 1.29 is 23.4 Å². The second kappa shape index (κ2) is 8.77. The molecule has 0 radical (unpaired) electrons. The van der Waals surface area contributed by atoms with E-state index in [-0.39, 0.29) is 5.43 Å². The first-order valence-electron chi connectivity index (χ1n) is 9.79. The molecule has 7 nitrogen and oxygen atoms in total. The highest BCUT2D eigenvalue weighted by molar-refractivity contribution is 5.84. The van der Waals surface area contributed by atoms with Crippen LogP contribution in [-0.4, -0.2) is 52.5 Å². The Bertz CT molecular complexity index is 1100. The molecule has 0 saturated carbocycles. The number of ether oxygens (including phenoxy) is 4. The van der Waals surface area contributed by atoms with Gasteiger partial charge in [0.05, 0.1) is 45.5 Å². The molecule has 1 aromatic heterocycles. The lowest BCUT2D eigenvalue weighted by Crippen LogP contribution is -2.36. The summed E-state index contributed by atoms with van der Waals surface area (Å²) in [5.74, 6) is 1.92. The number of hydrogen-bond acceptors (Lipinski definition) is 7. The third-order valence-electron chi connectivity index (χ3n) is 5.40. The standard InChI is InChI=1S/C23H25NO6/c1-26-15-4-5-17-22(11-15)30-14-20(23(17)25)18-10-16(27-2)12-21(28-3)19(18)13-24-6-8-29-9-7-24/h4-5,10-12,14H,6-9,13H2,1-3H3. The van der Waals surface area contributed by atoms with Crippen molar-refractivity contribution in [3.05, 3.63) is 52.4 Å². The Hall–Kier alpha value is -3.03. The summed E-state index contributed by atoms with van der Waals surface area (Å²) in [6.07, 6.45) is 1.50. The molecular weight excluding hydrogens is 386 g/mol. The second-order valence-electron chi connectivity index (χ2n) is 7.08. The number of benzene rings is 2. The number of methoxy groups -OCH3 is 3. The Labute approximate surface area is 174 Å². The fourth-order valence-electron chi connectivity index (χ4n) is 3.73. The molecular formula is C23H25NO6. The number of rotatable bonds is 6. The van der Waals surface area contributed by atoms with Gasteiger partial charge in [-0.3, -0.25) is 9.69 Å². The van der Waals surface area contributed by atoms with E-state index in [0.717, 1.165) is 24.2 Å². The molecule has 0 spiro atoms. The molecule has 0 N–H and O–H groups in total. The number of hydrogen-bond donors (Lipinski definition) is 0. The zero-order valence-corrected chi connectivity index (χ0v) is 17.4. The molecule has 158 valence electrons. The summed E-state index contributed by atoms with van der Waals surface area (Å²) < 4.78 is 27.6. The lowest BCUT2D eigenvalue weighted by Gasteiger charge is -2.28. The van der Waals surface area contributed by atoms with Crippen LogP contribution in [0, 0.1) is 0 Å². The Balaban J connectivity index is 1.87. The first-order valence-corrected chi connectivity index (χ1v) is 9.79. The molecule has 1 fully saturated rings. The first-order chi connectivity index (χ1) is 14.6. The van der Waals surface area contributed by atoms with Gasteiger partial charge in [-0.15, -0.1) is 0 Å². The molecule has 0 amide bonds. The summed E-state index contributed by atoms with van der Waals surface area (Å²) in [5, 5.41) is 0.493. The number of morpholine rings is 1. The number of nitrogens with zero attached hydrogens (tertiary/aromatic N) is 1. The molecule has 3 aromatic rings. The van der Waals surface area contributed by atoms with E-state index in [1.165, 1.54) is 6.26 Å². The summed E-state index contributed by atoms with van der Waals surface area (Å²) in [6.45, 7) is 3.65. The van der Waals surface area contributed by atoms with E-state index in [2.05, 4.69) is 4.90 Å². The van der Waals surface area contributed by atoms with Gasteiger partial charge in [-0.2, -0.15) is 0 Å². The van der Waals surface area contributed by atoms with Crippen LogP contribution in [0.4, 0.5) is 0 Å². The van der Waals surface area contributed by atoms with Gasteiger partial charge in [-0.1, -0.05) is 0 Å².